The molecule has 0 aromatic carbocycles. The van der Waals surface area contributed by atoms with E-state index in [9.17, 15) is 14.4 Å². The first kappa shape index (κ1) is 49.9. The second-order valence-corrected chi connectivity index (χ2v) is 15.3. The van der Waals surface area contributed by atoms with Crippen LogP contribution in [0.3, 0.4) is 0 Å². The fourth-order valence-corrected chi connectivity index (χ4v) is 6.78. The van der Waals surface area contributed by atoms with Crippen molar-refractivity contribution in [2.75, 3.05) is 6.54 Å². The summed E-state index contributed by atoms with van der Waals surface area (Å²) < 4.78 is 6.03. The molecule has 2 N–H and O–H groups in total. The number of allylic oxidation sites excluding steroid dienone is 4. The lowest BCUT2D eigenvalue weighted by Gasteiger charge is -2.18. The van der Waals surface area contributed by atoms with Crippen LogP contribution in [0.4, 0.5) is 0 Å². The molecule has 0 aliphatic rings. The molecule has 0 saturated heterocycles. The monoisotopic (exact) mass is 732 g/mol. The standard InChI is InChI=1S/C46H85NO5/c1-3-5-7-9-11-13-15-17-19-21-23-25-27-30-34-38-43(39-35-31-29-32-36-40-44(48)47-42-45(49)50)52-46(51)41-37-33-28-26-24-22-20-18-16-14-12-10-8-6-4-2/h15,17,21,23,43H,3-14,16,18-20,22,24-42H2,1-2H3,(H,47,48)(H,49,50)/b17-15-,23-21-. The van der Waals surface area contributed by atoms with Crippen LogP contribution in [-0.2, 0) is 19.1 Å². The number of carbonyl (C=O) groups excluding carboxylic acids is 2. The number of rotatable bonds is 41. The summed E-state index contributed by atoms with van der Waals surface area (Å²) in [5.74, 6) is -1.24. The van der Waals surface area contributed by atoms with Crippen molar-refractivity contribution in [3.8, 4) is 0 Å². The van der Waals surface area contributed by atoms with E-state index in [0.29, 0.717) is 12.8 Å². The molecule has 0 aliphatic carbocycles. The van der Waals surface area contributed by atoms with Gasteiger partial charge in [-0.1, -0.05) is 179 Å². The van der Waals surface area contributed by atoms with Gasteiger partial charge in [0.2, 0.25) is 5.91 Å². The fraction of sp³-hybridized carbons (Fsp3) is 0.848. The summed E-state index contributed by atoms with van der Waals surface area (Å²) >= 11 is 0. The van der Waals surface area contributed by atoms with E-state index in [0.717, 1.165) is 83.5 Å². The molecular formula is C46H85NO5. The van der Waals surface area contributed by atoms with Gasteiger partial charge in [0.1, 0.15) is 12.6 Å². The Labute approximate surface area is 322 Å². The molecule has 0 spiro atoms. The van der Waals surface area contributed by atoms with Crippen molar-refractivity contribution in [3.63, 3.8) is 0 Å². The van der Waals surface area contributed by atoms with Crippen LogP contribution in [0.1, 0.15) is 239 Å². The van der Waals surface area contributed by atoms with E-state index in [4.69, 9.17) is 9.84 Å². The van der Waals surface area contributed by atoms with E-state index >= 15 is 0 Å². The quantitative estimate of drug-likeness (QED) is 0.0371. The average molecular weight is 732 g/mol. The molecule has 0 bridgehead atoms. The van der Waals surface area contributed by atoms with Gasteiger partial charge in [-0.2, -0.15) is 0 Å². The molecule has 0 aromatic heterocycles. The first-order valence-corrected chi connectivity index (χ1v) is 22.5. The zero-order valence-corrected chi connectivity index (χ0v) is 34.4. The van der Waals surface area contributed by atoms with Gasteiger partial charge >= 0.3 is 11.9 Å². The van der Waals surface area contributed by atoms with Crippen LogP contribution in [0.25, 0.3) is 0 Å². The molecule has 52 heavy (non-hydrogen) atoms. The van der Waals surface area contributed by atoms with Crippen LogP contribution < -0.4 is 5.32 Å². The maximum absolute atomic E-state index is 12.8. The second-order valence-electron chi connectivity index (χ2n) is 15.3. The molecule has 0 saturated carbocycles. The summed E-state index contributed by atoms with van der Waals surface area (Å²) in [6, 6.07) is 0. The highest BCUT2D eigenvalue weighted by atomic mass is 16.5. The number of aliphatic carboxylic acids is 1. The summed E-state index contributed by atoms with van der Waals surface area (Å²) in [7, 11) is 0. The van der Waals surface area contributed by atoms with Gasteiger partial charge in [0, 0.05) is 12.8 Å². The number of ether oxygens (including phenoxy) is 1. The largest absolute Gasteiger partial charge is 0.480 e. The first-order chi connectivity index (χ1) is 25.5. The molecule has 6 heteroatoms. The van der Waals surface area contributed by atoms with Crippen molar-refractivity contribution >= 4 is 17.8 Å². The van der Waals surface area contributed by atoms with E-state index in [1.807, 2.05) is 0 Å². The van der Waals surface area contributed by atoms with Crippen LogP contribution >= 0.6 is 0 Å². The third-order valence-corrected chi connectivity index (χ3v) is 10.1. The van der Waals surface area contributed by atoms with Gasteiger partial charge in [0.15, 0.2) is 0 Å². The maximum atomic E-state index is 12.8. The highest BCUT2D eigenvalue weighted by Gasteiger charge is 2.14. The molecule has 304 valence electrons. The summed E-state index contributed by atoms with van der Waals surface area (Å²) in [6.45, 7) is 4.23. The SMILES string of the molecule is CCCCCCC/C=C\C/C=C\CCCCCC(CCCCCCCC(=O)NCC(=O)O)OC(=O)CCCCCCCCCCCCCCCCC. The summed E-state index contributed by atoms with van der Waals surface area (Å²) in [5, 5.41) is 11.1. The number of carboxylic acids is 1. The van der Waals surface area contributed by atoms with Gasteiger partial charge in [0.05, 0.1) is 0 Å². The number of hydrogen-bond donors (Lipinski definition) is 2. The Balaban J connectivity index is 4.20. The number of nitrogens with one attached hydrogen (secondary N) is 1. The maximum Gasteiger partial charge on any atom is 0.322 e. The van der Waals surface area contributed by atoms with Gasteiger partial charge in [-0.05, 0) is 70.6 Å². The van der Waals surface area contributed by atoms with E-state index in [1.54, 1.807) is 0 Å². The van der Waals surface area contributed by atoms with E-state index in [1.165, 1.54) is 128 Å². The van der Waals surface area contributed by atoms with Gasteiger partial charge in [-0.3, -0.25) is 14.4 Å². The number of unbranched alkanes of at least 4 members (excludes halogenated alkanes) is 26. The molecule has 0 fully saturated rings. The Morgan fingerprint density at radius 3 is 1.35 bits per heavy atom. The number of carbonyl (C=O) groups is 3. The molecule has 1 amide bonds. The minimum atomic E-state index is -1.02. The number of amides is 1. The van der Waals surface area contributed by atoms with Crippen molar-refractivity contribution in [3.05, 3.63) is 24.3 Å². The van der Waals surface area contributed by atoms with Crippen molar-refractivity contribution in [2.45, 2.75) is 245 Å². The van der Waals surface area contributed by atoms with Gasteiger partial charge in [0.25, 0.3) is 0 Å². The van der Waals surface area contributed by atoms with Crippen molar-refractivity contribution in [1.29, 1.82) is 0 Å². The van der Waals surface area contributed by atoms with Gasteiger partial charge in [-0.25, -0.2) is 0 Å². The summed E-state index contributed by atoms with van der Waals surface area (Å²) in [5.41, 5.74) is 0. The molecular weight excluding hydrogens is 647 g/mol. The predicted molar refractivity (Wildman–Crippen MR) is 222 cm³/mol. The second kappa shape index (κ2) is 41.6. The van der Waals surface area contributed by atoms with Crippen LogP contribution in [-0.4, -0.2) is 35.6 Å². The molecule has 0 aliphatic heterocycles. The summed E-state index contributed by atoms with van der Waals surface area (Å²) in [6.07, 6.45) is 50.1. The number of hydrogen-bond acceptors (Lipinski definition) is 4. The lowest BCUT2D eigenvalue weighted by Crippen LogP contribution is -2.28. The Bertz CT molecular complexity index is 854. The van der Waals surface area contributed by atoms with Gasteiger partial charge < -0.3 is 15.2 Å². The topological polar surface area (TPSA) is 92.7 Å². The zero-order valence-electron chi connectivity index (χ0n) is 34.4. The van der Waals surface area contributed by atoms with Crippen LogP contribution in [0.15, 0.2) is 24.3 Å². The molecule has 6 nitrogen and oxygen atoms in total. The third kappa shape index (κ3) is 40.7. The number of carboxylic acid groups (broad SMARTS) is 1. The highest BCUT2D eigenvalue weighted by molar-refractivity contribution is 5.80. The smallest absolute Gasteiger partial charge is 0.322 e. The minimum absolute atomic E-state index is 0.00767. The van der Waals surface area contributed by atoms with Crippen molar-refractivity contribution in [2.24, 2.45) is 0 Å². The van der Waals surface area contributed by atoms with Crippen molar-refractivity contribution in [1.82, 2.24) is 5.32 Å². The molecule has 1 atom stereocenters. The molecule has 0 rings (SSSR count). The van der Waals surface area contributed by atoms with Crippen LogP contribution in [0.2, 0.25) is 0 Å². The molecule has 0 heterocycles. The number of esters is 1. The Morgan fingerprint density at radius 1 is 0.500 bits per heavy atom. The van der Waals surface area contributed by atoms with Crippen LogP contribution in [0, 0.1) is 0 Å². The van der Waals surface area contributed by atoms with E-state index in [-0.39, 0.29) is 24.5 Å². The first-order valence-electron chi connectivity index (χ1n) is 22.5. The normalized spacial score (nSPS) is 12.2. The molecule has 0 aromatic rings. The average Bonchev–Trinajstić information content (AvgIpc) is 3.13. The lowest BCUT2D eigenvalue weighted by atomic mass is 10.0. The highest BCUT2D eigenvalue weighted by Crippen LogP contribution is 2.19. The van der Waals surface area contributed by atoms with Crippen LogP contribution in [0.5, 0.6) is 0 Å². The van der Waals surface area contributed by atoms with E-state index < -0.39 is 5.97 Å². The predicted octanol–water partition coefficient (Wildman–Crippen LogP) is 13.9. The molecule has 0 radical (unpaired) electrons. The Hall–Kier alpha value is -2.11. The summed E-state index contributed by atoms with van der Waals surface area (Å²) in [4.78, 5) is 35.1. The fourth-order valence-electron chi connectivity index (χ4n) is 6.78. The van der Waals surface area contributed by atoms with Gasteiger partial charge in [-0.15, -0.1) is 0 Å². The zero-order chi connectivity index (χ0) is 38.0. The lowest BCUT2D eigenvalue weighted by molar-refractivity contribution is -0.150. The minimum Gasteiger partial charge on any atom is -0.480 e. The Morgan fingerprint density at radius 2 is 0.885 bits per heavy atom. The Kier molecular flexibility index (Phi) is 40.0. The van der Waals surface area contributed by atoms with Crippen molar-refractivity contribution < 1.29 is 24.2 Å². The molecule has 1 unspecified atom stereocenters. The third-order valence-electron chi connectivity index (χ3n) is 10.1. The van der Waals surface area contributed by atoms with E-state index in [2.05, 4.69) is 43.5 Å².